The van der Waals surface area contributed by atoms with Crippen molar-refractivity contribution in [2.24, 2.45) is 5.92 Å². The molecule has 0 aliphatic heterocycles. The number of rotatable bonds is 5. The van der Waals surface area contributed by atoms with Gasteiger partial charge in [0, 0.05) is 12.0 Å². The molecule has 2 N–H and O–H groups in total. The highest BCUT2D eigenvalue weighted by Gasteiger charge is 2.25. The molecule has 1 saturated carbocycles. The molecule has 0 radical (unpaired) electrons. The Morgan fingerprint density at radius 2 is 2.24 bits per heavy atom. The van der Waals surface area contributed by atoms with E-state index in [1.165, 1.54) is 0 Å². The maximum absolute atomic E-state index is 11.7. The van der Waals surface area contributed by atoms with Crippen molar-refractivity contribution in [1.29, 1.82) is 0 Å². The Kier molecular flexibility index (Phi) is 5.69. The van der Waals surface area contributed by atoms with Crippen molar-refractivity contribution >= 4 is 11.9 Å². The fraction of sp³-hybridized carbons (Fsp3) is 0.667. The maximum atomic E-state index is 11.7. The maximum Gasteiger partial charge on any atom is 0.330 e. The minimum absolute atomic E-state index is 0.0709. The minimum atomic E-state index is -0.493. The van der Waals surface area contributed by atoms with Crippen LogP contribution in [-0.2, 0) is 14.3 Å². The van der Waals surface area contributed by atoms with E-state index in [0.717, 1.165) is 25.3 Å². The van der Waals surface area contributed by atoms with E-state index in [2.05, 4.69) is 11.9 Å². The summed E-state index contributed by atoms with van der Waals surface area (Å²) in [6, 6.07) is 0. The summed E-state index contributed by atoms with van der Waals surface area (Å²) in [5.74, 6) is -0.681. The van der Waals surface area contributed by atoms with Crippen molar-refractivity contribution in [3.8, 4) is 0 Å². The number of hydrogen-bond acceptors (Lipinski definition) is 4. The highest BCUT2D eigenvalue weighted by Crippen LogP contribution is 2.24. The van der Waals surface area contributed by atoms with Gasteiger partial charge in [0.25, 0.3) is 0 Å². The summed E-state index contributed by atoms with van der Waals surface area (Å²) in [6.45, 7) is 3.71. The van der Waals surface area contributed by atoms with Crippen LogP contribution in [0, 0.1) is 5.92 Å². The SMILES string of the molecule is C=CC(=O)OCCNC(=O)C1CCCC(O)C1. The Morgan fingerprint density at radius 3 is 2.88 bits per heavy atom. The summed E-state index contributed by atoms with van der Waals surface area (Å²) < 4.78 is 4.73. The molecule has 17 heavy (non-hydrogen) atoms. The van der Waals surface area contributed by atoms with Crippen molar-refractivity contribution in [1.82, 2.24) is 5.32 Å². The Hall–Kier alpha value is -1.36. The Labute approximate surface area is 101 Å². The first-order valence-electron chi connectivity index (χ1n) is 5.88. The van der Waals surface area contributed by atoms with Crippen LogP contribution in [0.25, 0.3) is 0 Å². The standard InChI is InChI=1S/C12H19NO4/c1-2-11(15)17-7-6-13-12(16)9-4-3-5-10(14)8-9/h2,9-10,14H,1,3-8H2,(H,13,16). The van der Waals surface area contributed by atoms with Crippen molar-refractivity contribution < 1.29 is 19.4 Å². The molecule has 0 saturated heterocycles. The highest BCUT2D eigenvalue weighted by molar-refractivity contribution is 5.81. The molecule has 0 bridgehead atoms. The second-order valence-corrected chi connectivity index (χ2v) is 4.18. The predicted octanol–water partition coefficient (Wildman–Crippen LogP) is 0.383. The number of hydrogen-bond donors (Lipinski definition) is 2. The van der Waals surface area contributed by atoms with E-state index >= 15 is 0 Å². The number of nitrogens with one attached hydrogen (secondary N) is 1. The lowest BCUT2D eigenvalue weighted by molar-refractivity contribution is -0.138. The van der Waals surface area contributed by atoms with Gasteiger partial charge in [-0.1, -0.05) is 13.0 Å². The van der Waals surface area contributed by atoms with Crippen molar-refractivity contribution in [2.75, 3.05) is 13.2 Å². The van der Waals surface area contributed by atoms with E-state index in [0.29, 0.717) is 13.0 Å². The Morgan fingerprint density at radius 1 is 1.47 bits per heavy atom. The molecule has 1 fully saturated rings. The van der Waals surface area contributed by atoms with Gasteiger partial charge in [-0.15, -0.1) is 0 Å². The number of carbonyl (C=O) groups is 2. The third-order valence-corrected chi connectivity index (χ3v) is 2.83. The molecule has 2 atom stereocenters. The zero-order valence-electron chi connectivity index (χ0n) is 9.85. The van der Waals surface area contributed by atoms with Gasteiger partial charge in [-0.25, -0.2) is 4.79 Å². The molecule has 0 spiro atoms. The van der Waals surface area contributed by atoms with Gasteiger partial charge in [0.2, 0.25) is 5.91 Å². The molecule has 1 aliphatic carbocycles. The lowest BCUT2D eigenvalue weighted by Crippen LogP contribution is -2.36. The molecule has 1 rings (SSSR count). The van der Waals surface area contributed by atoms with Gasteiger partial charge < -0.3 is 15.2 Å². The van der Waals surface area contributed by atoms with E-state index in [9.17, 15) is 14.7 Å². The normalized spacial score (nSPS) is 23.8. The van der Waals surface area contributed by atoms with Crippen molar-refractivity contribution in [3.63, 3.8) is 0 Å². The number of esters is 1. The fourth-order valence-corrected chi connectivity index (χ4v) is 1.93. The van der Waals surface area contributed by atoms with Crippen LogP contribution < -0.4 is 5.32 Å². The molecule has 0 aromatic carbocycles. The average Bonchev–Trinajstić information content (AvgIpc) is 2.34. The fourth-order valence-electron chi connectivity index (χ4n) is 1.93. The Bertz CT molecular complexity index is 290. The quantitative estimate of drug-likeness (QED) is 0.414. The van der Waals surface area contributed by atoms with Gasteiger partial charge in [0.1, 0.15) is 6.61 Å². The topological polar surface area (TPSA) is 75.6 Å². The monoisotopic (exact) mass is 241 g/mol. The number of amides is 1. The van der Waals surface area contributed by atoms with Crippen LogP contribution in [0.15, 0.2) is 12.7 Å². The van der Waals surface area contributed by atoms with Gasteiger partial charge in [0.15, 0.2) is 0 Å². The predicted molar refractivity (Wildman–Crippen MR) is 62.1 cm³/mol. The first-order valence-corrected chi connectivity index (χ1v) is 5.88. The van der Waals surface area contributed by atoms with Crippen LogP contribution in [0.3, 0.4) is 0 Å². The lowest BCUT2D eigenvalue weighted by Gasteiger charge is -2.24. The molecule has 5 nitrogen and oxygen atoms in total. The van der Waals surface area contributed by atoms with Crippen LogP contribution in [0.1, 0.15) is 25.7 Å². The largest absolute Gasteiger partial charge is 0.461 e. The number of aliphatic hydroxyl groups excluding tert-OH is 1. The second-order valence-electron chi connectivity index (χ2n) is 4.18. The smallest absolute Gasteiger partial charge is 0.330 e. The van der Waals surface area contributed by atoms with Crippen LogP contribution in [0.4, 0.5) is 0 Å². The molecular formula is C12H19NO4. The summed E-state index contributed by atoms with van der Waals surface area (Å²) in [7, 11) is 0. The average molecular weight is 241 g/mol. The third kappa shape index (κ3) is 4.99. The molecule has 0 aromatic heterocycles. The van der Waals surface area contributed by atoms with Gasteiger partial charge in [0.05, 0.1) is 12.6 Å². The summed E-state index contributed by atoms with van der Waals surface area (Å²) in [5, 5.41) is 12.1. The van der Waals surface area contributed by atoms with E-state index in [1.807, 2.05) is 0 Å². The number of carbonyl (C=O) groups excluding carboxylic acids is 2. The van der Waals surface area contributed by atoms with E-state index in [1.54, 1.807) is 0 Å². The van der Waals surface area contributed by atoms with Crippen LogP contribution in [-0.4, -0.2) is 36.2 Å². The van der Waals surface area contributed by atoms with Crippen LogP contribution >= 0.6 is 0 Å². The van der Waals surface area contributed by atoms with Crippen LogP contribution in [0.2, 0.25) is 0 Å². The van der Waals surface area contributed by atoms with Crippen molar-refractivity contribution in [3.05, 3.63) is 12.7 Å². The zero-order valence-corrected chi connectivity index (χ0v) is 9.85. The molecule has 1 aliphatic rings. The summed E-state index contributed by atoms with van der Waals surface area (Å²) in [5.41, 5.74) is 0. The molecular weight excluding hydrogens is 222 g/mol. The summed E-state index contributed by atoms with van der Waals surface area (Å²) >= 11 is 0. The molecule has 2 unspecified atom stereocenters. The number of ether oxygens (including phenoxy) is 1. The van der Waals surface area contributed by atoms with E-state index < -0.39 is 5.97 Å². The summed E-state index contributed by atoms with van der Waals surface area (Å²) in [4.78, 5) is 22.4. The molecule has 1 amide bonds. The highest BCUT2D eigenvalue weighted by atomic mass is 16.5. The number of aliphatic hydroxyl groups is 1. The Balaban J connectivity index is 2.16. The minimum Gasteiger partial charge on any atom is -0.461 e. The first-order chi connectivity index (χ1) is 8.13. The van der Waals surface area contributed by atoms with E-state index in [-0.39, 0.29) is 24.5 Å². The lowest BCUT2D eigenvalue weighted by atomic mass is 9.87. The van der Waals surface area contributed by atoms with Crippen molar-refractivity contribution in [2.45, 2.75) is 31.8 Å². The third-order valence-electron chi connectivity index (χ3n) is 2.83. The van der Waals surface area contributed by atoms with E-state index in [4.69, 9.17) is 4.74 Å². The molecule has 96 valence electrons. The molecule has 0 aromatic rings. The van der Waals surface area contributed by atoms with Gasteiger partial charge >= 0.3 is 5.97 Å². The molecule has 0 heterocycles. The van der Waals surface area contributed by atoms with Gasteiger partial charge in [-0.3, -0.25) is 4.79 Å². The molecule has 5 heteroatoms. The summed E-state index contributed by atoms with van der Waals surface area (Å²) in [6.07, 6.45) is 3.72. The first kappa shape index (κ1) is 13.7. The van der Waals surface area contributed by atoms with Gasteiger partial charge in [-0.05, 0) is 19.3 Å². The second kappa shape index (κ2) is 7.06. The zero-order chi connectivity index (χ0) is 12.7. The van der Waals surface area contributed by atoms with Gasteiger partial charge in [-0.2, -0.15) is 0 Å². The van der Waals surface area contributed by atoms with Crippen LogP contribution in [0.5, 0.6) is 0 Å².